The van der Waals surface area contributed by atoms with Crippen LogP contribution in [0.3, 0.4) is 0 Å². The van der Waals surface area contributed by atoms with Gasteiger partial charge >= 0.3 is 5.63 Å². The molecule has 0 saturated heterocycles. The van der Waals surface area contributed by atoms with E-state index in [-0.39, 0.29) is 5.76 Å². The molecular weight excluding hydrogens is 344 g/mol. The van der Waals surface area contributed by atoms with Crippen molar-refractivity contribution in [2.45, 2.75) is 6.92 Å². The van der Waals surface area contributed by atoms with Gasteiger partial charge < -0.3 is 13.9 Å². The summed E-state index contributed by atoms with van der Waals surface area (Å²) >= 11 is 5.85. The molecule has 0 spiro atoms. The number of aryl methyl sites for hydroxylation is 1. The van der Waals surface area contributed by atoms with E-state index in [4.69, 9.17) is 20.4 Å². The maximum Gasteiger partial charge on any atom is 0.351 e. The first kappa shape index (κ1) is 16.8. The number of carbonyl (C=O) groups excluding carboxylic acids is 1. The lowest BCUT2D eigenvalue weighted by molar-refractivity contribution is 0.104. The zero-order chi connectivity index (χ0) is 18.0. The van der Waals surface area contributed by atoms with E-state index in [2.05, 4.69) is 0 Å². The normalized spacial score (nSPS) is 11.1. The molecule has 1 aromatic carbocycles. The molecule has 0 amide bonds. The van der Waals surface area contributed by atoms with Crippen LogP contribution in [-0.4, -0.2) is 10.9 Å². The number of hydrogen-bond acceptors (Lipinski definition) is 5. The molecule has 1 N–H and O–H groups in total. The van der Waals surface area contributed by atoms with Gasteiger partial charge in [0.25, 0.3) is 0 Å². The number of carbonyl (C=O) groups is 1. The summed E-state index contributed by atoms with van der Waals surface area (Å²) in [6, 6.07) is 11.8. The molecule has 2 aromatic heterocycles. The lowest BCUT2D eigenvalue weighted by atomic mass is 10.1. The maximum absolute atomic E-state index is 12.1. The standard InChI is InChI=1S/C19H13ClO5/c1-11-10-16(22)18(19(23)24-11)15(21)8-6-14-7-9-17(25-14)12-2-4-13(20)5-3-12/h2-10,22H,1H3. The van der Waals surface area contributed by atoms with Gasteiger partial charge in [-0.1, -0.05) is 11.6 Å². The summed E-state index contributed by atoms with van der Waals surface area (Å²) in [5.74, 6) is 0.179. The first-order chi connectivity index (χ1) is 11.9. The van der Waals surface area contributed by atoms with Gasteiger partial charge in [0.05, 0.1) is 0 Å². The molecule has 5 nitrogen and oxygen atoms in total. The maximum atomic E-state index is 12.1. The van der Waals surface area contributed by atoms with Gasteiger partial charge in [0, 0.05) is 16.7 Å². The fourth-order valence-electron chi connectivity index (χ4n) is 2.28. The molecule has 25 heavy (non-hydrogen) atoms. The van der Waals surface area contributed by atoms with Gasteiger partial charge in [-0.2, -0.15) is 0 Å². The third-order valence-electron chi connectivity index (χ3n) is 3.45. The molecule has 0 radical (unpaired) electrons. The second-order valence-electron chi connectivity index (χ2n) is 5.31. The second kappa shape index (κ2) is 6.83. The van der Waals surface area contributed by atoms with Crippen LogP contribution < -0.4 is 5.63 Å². The Morgan fingerprint density at radius 2 is 1.84 bits per heavy atom. The van der Waals surface area contributed by atoms with Crippen molar-refractivity contribution in [2.75, 3.05) is 0 Å². The number of allylic oxidation sites excluding steroid dienone is 1. The van der Waals surface area contributed by atoms with Crippen LogP contribution in [0.2, 0.25) is 5.02 Å². The summed E-state index contributed by atoms with van der Waals surface area (Å²) in [6.07, 6.45) is 2.56. The predicted octanol–water partition coefficient (Wildman–Crippen LogP) is 4.46. The van der Waals surface area contributed by atoms with E-state index < -0.39 is 22.7 Å². The second-order valence-corrected chi connectivity index (χ2v) is 5.75. The van der Waals surface area contributed by atoms with Gasteiger partial charge in [0.2, 0.25) is 0 Å². The van der Waals surface area contributed by atoms with E-state index >= 15 is 0 Å². The highest BCUT2D eigenvalue weighted by molar-refractivity contribution is 6.30. The number of benzene rings is 1. The van der Waals surface area contributed by atoms with Gasteiger partial charge in [-0.25, -0.2) is 4.79 Å². The smallest absolute Gasteiger partial charge is 0.351 e. The third kappa shape index (κ3) is 3.72. The van der Waals surface area contributed by atoms with Crippen molar-refractivity contribution < 1.29 is 18.7 Å². The minimum atomic E-state index is -0.881. The number of rotatable bonds is 4. The van der Waals surface area contributed by atoms with E-state index in [1.165, 1.54) is 19.1 Å². The van der Waals surface area contributed by atoms with Crippen molar-refractivity contribution in [3.63, 3.8) is 0 Å². The van der Waals surface area contributed by atoms with Crippen LogP contribution in [0.25, 0.3) is 17.4 Å². The molecule has 0 aliphatic heterocycles. The molecule has 0 aliphatic carbocycles. The Morgan fingerprint density at radius 1 is 1.12 bits per heavy atom. The fourth-order valence-corrected chi connectivity index (χ4v) is 2.40. The highest BCUT2D eigenvalue weighted by Crippen LogP contribution is 2.24. The van der Waals surface area contributed by atoms with Crippen molar-refractivity contribution in [3.8, 4) is 17.1 Å². The summed E-state index contributed by atoms with van der Waals surface area (Å²) in [7, 11) is 0. The Labute approximate surface area is 147 Å². The van der Waals surface area contributed by atoms with Gasteiger partial charge in [-0.15, -0.1) is 0 Å². The van der Waals surface area contributed by atoms with E-state index in [1.807, 2.05) is 12.1 Å². The van der Waals surface area contributed by atoms with Crippen LogP contribution in [-0.2, 0) is 0 Å². The third-order valence-corrected chi connectivity index (χ3v) is 3.71. The molecular formula is C19H13ClO5. The van der Waals surface area contributed by atoms with Crippen LogP contribution in [0, 0.1) is 6.92 Å². The zero-order valence-corrected chi connectivity index (χ0v) is 13.9. The molecule has 3 rings (SSSR count). The van der Waals surface area contributed by atoms with Crippen LogP contribution in [0.1, 0.15) is 21.9 Å². The number of hydrogen-bond donors (Lipinski definition) is 1. The lowest BCUT2D eigenvalue weighted by Crippen LogP contribution is -2.12. The lowest BCUT2D eigenvalue weighted by Gasteiger charge is -1.99. The molecule has 0 bridgehead atoms. The molecule has 126 valence electrons. The molecule has 0 unspecified atom stereocenters. The van der Waals surface area contributed by atoms with Gasteiger partial charge in [-0.3, -0.25) is 4.79 Å². The molecule has 2 heterocycles. The van der Waals surface area contributed by atoms with E-state index in [0.717, 1.165) is 11.6 Å². The van der Waals surface area contributed by atoms with E-state index in [0.29, 0.717) is 16.5 Å². The Hall–Kier alpha value is -3.05. The summed E-state index contributed by atoms with van der Waals surface area (Å²) in [5, 5.41) is 10.4. The Bertz CT molecular complexity index is 1010. The number of aromatic hydroxyl groups is 1. The number of furan rings is 1. The predicted molar refractivity (Wildman–Crippen MR) is 93.9 cm³/mol. The monoisotopic (exact) mass is 356 g/mol. The Balaban J connectivity index is 1.82. The summed E-state index contributed by atoms with van der Waals surface area (Å²) < 4.78 is 10.5. The van der Waals surface area contributed by atoms with E-state index in [9.17, 15) is 14.7 Å². The van der Waals surface area contributed by atoms with Crippen molar-refractivity contribution in [1.82, 2.24) is 0 Å². The summed E-state index contributed by atoms with van der Waals surface area (Å²) in [4.78, 5) is 23.8. The SMILES string of the molecule is Cc1cc(O)c(C(=O)C=Cc2ccc(-c3ccc(Cl)cc3)o2)c(=O)o1. The molecule has 6 heteroatoms. The van der Waals surface area contributed by atoms with Crippen LogP contribution in [0.4, 0.5) is 0 Å². The summed E-state index contributed by atoms with van der Waals surface area (Å²) in [6.45, 7) is 1.51. The van der Waals surface area contributed by atoms with Crippen molar-refractivity contribution in [2.24, 2.45) is 0 Å². The largest absolute Gasteiger partial charge is 0.507 e. The minimum absolute atomic E-state index is 0.224. The quantitative estimate of drug-likeness (QED) is 0.551. The average Bonchev–Trinajstić information content (AvgIpc) is 3.01. The molecule has 0 aliphatic rings. The Morgan fingerprint density at radius 3 is 2.52 bits per heavy atom. The molecule has 3 aromatic rings. The minimum Gasteiger partial charge on any atom is -0.507 e. The van der Waals surface area contributed by atoms with Crippen LogP contribution in [0.15, 0.2) is 62.2 Å². The van der Waals surface area contributed by atoms with Gasteiger partial charge in [0.15, 0.2) is 5.78 Å². The topological polar surface area (TPSA) is 80.6 Å². The van der Waals surface area contributed by atoms with Crippen molar-refractivity contribution >= 4 is 23.5 Å². The Kier molecular flexibility index (Phi) is 4.59. The van der Waals surface area contributed by atoms with E-state index in [1.54, 1.807) is 24.3 Å². The highest BCUT2D eigenvalue weighted by Gasteiger charge is 2.16. The molecule has 0 atom stereocenters. The van der Waals surface area contributed by atoms with Gasteiger partial charge in [0.1, 0.15) is 28.6 Å². The van der Waals surface area contributed by atoms with Crippen molar-refractivity contribution in [1.29, 1.82) is 0 Å². The first-order valence-electron chi connectivity index (χ1n) is 7.36. The molecule has 0 saturated carbocycles. The number of halogens is 1. The molecule has 0 fully saturated rings. The van der Waals surface area contributed by atoms with Crippen molar-refractivity contribution in [3.05, 3.63) is 81.1 Å². The fraction of sp³-hybridized carbons (Fsp3) is 0.0526. The van der Waals surface area contributed by atoms with Gasteiger partial charge in [-0.05, 0) is 55.5 Å². The number of ketones is 1. The average molecular weight is 357 g/mol. The summed E-state index contributed by atoms with van der Waals surface area (Å²) in [5.41, 5.74) is -0.452. The van der Waals surface area contributed by atoms with Crippen LogP contribution in [0.5, 0.6) is 5.75 Å². The first-order valence-corrected chi connectivity index (χ1v) is 7.74. The highest BCUT2D eigenvalue weighted by atomic mass is 35.5. The van der Waals surface area contributed by atoms with Crippen LogP contribution >= 0.6 is 11.6 Å². The zero-order valence-electron chi connectivity index (χ0n) is 13.2.